The minimum atomic E-state index is 0.247. The van der Waals surface area contributed by atoms with Gasteiger partial charge in [0.15, 0.2) is 0 Å². The molecule has 0 aromatic carbocycles. The summed E-state index contributed by atoms with van der Waals surface area (Å²) in [5.74, 6) is 0.527. The molecule has 2 fully saturated rings. The molecule has 82 valence electrons. The van der Waals surface area contributed by atoms with Crippen LogP contribution in [0.25, 0.3) is 0 Å². The molecular formula is C11H22N2O. The first-order chi connectivity index (χ1) is 6.76. The summed E-state index contributed by atoms with van der Waals surface area (Å²) in [7, 11) is 0. The average Bonchev–Trinajstić information content (AvgIpc) is 2.51. The Labute approximate surface area is 86.4 Å². The molecule has 0 radical (unpaired) electrons. The molecule has 2 rings (SSSR count). The summed E-state index contributed by atoms with van der Waals surface area (Å²) in [6.45, 7) is 4.89. The van der Waals surface area contributed by atoms with Crippen LogP contribution < -0.4 is 11.1 Å². The fourth-order valence-corrected chi connectivity index (χ4v) is 2.43. The van der Waals surface area contributed by atoms with Gasteiger partial charge < -0.3 is 15.8 Å². The van der Waals surface area contributed by atoms with Crippen LogP contribution in [0, 0.1) is 5.92 Å². The van der Waals surface area contributed by atoms with Gasteiger partial charge in [-0.25, -0.2) is 0 Å². The van der Waals surface area contributed by atoms with E-state index in [2.05, 4.69) is 12.2 Å². The Hall–Kier alpha value is -0.120. The van der Waals surface area contributed by atoms with Crippen molar-refractivity contribution in [3.8, 4) is 0 Å². The SMILES string of the molecule is CCC1(NCC2COCC2N)CCC1. The third-order valence-electron chi connectivity index (χ3n) is 3.97. The van der Waals surface area contributed by atoms with Gasteiger partial charge >= 0.3 is 0 Å². The maximum Gasteiger partial charge on any atom is 0.0621 e. The molecular weight excluding hydrogens is 176 g/mol. The summed E-state index contributed by atoms with van der Waals surface area (Å²) in [4.78, 5) is 0. The van der Waals surface area contributed by atoms with E-state index in [1.807, 2.05) is 0 Å². The summed E-state index contributed by atoms with van der Waals surface area (Å²) >= 11 is 0. The quantitative estimate of drug-likeness (QED) is 0.705. The lowest BCUT2D eigenvalue weighted by molar-refractivity contribution is 0.155. The van der Waals surface area contributed by atoms with E-state index in [9.17, 15) is 0 Å². The first-order valence-corrected chi connectivity index (χ1v) is 5.84. The minimum absolute atomic E-state index is 0.247. The van der Waals surface area contributed by atoms with E-state index in [1.54, 1.807) is 0 Å². The van der Waals surface area contributed by atoms with E-state index in [1.165, 1.54) is 25.7 Å². The maximum absolute atomic E-state index is 5.94. The molecule has 1 aliphatic heterocycles. The van der Waals surface area contributed by atoms with Crippen molar-refractivity contribution in [3.05, 3.63) is 0 Å². The highest BCUT2D eigenvalue weighted by Gasteiger charge is 2.36. The van der Waals surface area contributed by atoms with Crippen molar-refractivity contribution in [3.63, 3.8) is 0 Å². The maximum atomic E-state index is 5.94. The normalized spacial score (nSPS) is 35.6. The van der Waals surface area contributed by atoms with E-state index in [0.29, 0.717) is 11.5 Å². The van der Waals surface area contributed by atoms with Crippen LogP contribution in [0.4, 0.5) is 0 Å². The number of hydrogen-bond acceptors (Lipinski definition) is 3. The van der Waals surface area contributed by atoms with Crippen LogP contribution in [0.2, 0.25) is 0 Å². The lowest BCUT2D eigenvalue weighted by Crippen LogP contribution is -2.53. The van der Waals surface area contributed by atoms with Gasteiger partial charge in [0.1, 0.15) is 0 Å². The number of rotatable bonds is 4. The summed E-state index contributed by atoms with van der Waals surface area (Å²) < 4.78 is 5.35. The lowest BCUT2D eigenvalue weighted by atomic mass is 9.74. The molecule has 0 aromatic heterocycles. The zero-order chi connectivity index (χ0) is 10.0. The predicted molar refractivity (Wildman–Crippen MR) is 57.2 cm³/mol. The molecule has 1 aliphatic carbocycles. The summed E-state index contributed by atoms with van der Waals surface area (Å²) in [5, 5.41) is 3.69. The smallest absolute Gasteiger partial charge is 0.0621 e. The number of nitrogens with one attached hydrogen (secondary N) is 1. The van der Waals surface area contributed by atoms with Crippen molar-refractivity contribution in [1.29, 1.82) is 0 Å². The topological polar surface area (TPSA) is 47.3 Å². The molecule has 3 nitrogen and oxygen atoms in total. The summed E-state index contributed by atoms with van der Waals surface area (Å²) in [5.41, 5.74) is 6.39. The fourth-order valence-electron chi connectivity index (χ4n) is 2.43. The Morgan fingerprint density at radius 3 is 2.64 bits per heavy atom. The van der Waals surface area contributed by atoms with E-state index in [-0.39, 0.29) is 6.04 Å². The third kappa shape index (κ3) is 1.95. The highest BCUT2D eigenvalue weighted by Crippen LogP contribution is 2.34. The molecule has 0 aromatic rings. The van der Waals surface area contributed by atoms with Crippen molar-refractivity contribution in [2.75, 3.05) is 19.8 Å². The Morgan fingerprint density at radius 1 is 1.43 bits per heavy atom. The Morgan fingerprint density at radius 2 is 2.21 bits per heavy atom. The van der Waals surface area contributed by atoms with Gasteiger partial charge in [-0.05, 0) is 25.7 Å². The number of ether oxygens (including phenoxy) is 1. The van der Waals surface area contributed by atoms with Gasteiger partial charge in [0.2, 0.25) is 0 Å². The molecule has 0 amide bonds. The largest absolute Gasteiger partial charge is 0.379 e. The van der Waals surface area contributed by atoms with E-state index < -0.39 is 0 Å². The highest BCUT2D eigenvalue weighted by atomic mass is 16.5. The van der Waals surface area contributed by atoms with Crippen LogP contribution in [-0.2, 0) is 4.74 Å². The van der Waals surface area contributed by atoms with Crippen molar-refractivity contribution in [2.45, 2.75) is 44.2 Å². The van der Waals surface area contributed by atoms with Crippen molar-refractivity contribution in [2.24, 2.45) is 11.7 Å². The molecule has 2 atom stereocenters. The molecule has 14 heavy (non-hydrogen) atoms. The van der Waals surface area contributed by atoms with Crippen LogP contribution >= 0.6 is 0 Å². The Kier molecular flexibility index (Phi) is 3.10. The molecule has 2 unspecified atom stereocenters. The number of hydrogen-bond donors (Lipinski definition) is 2. The lowest BCUT2D eigenvalue weighted by Gasteiger charge is -2.43. The predicted octanol–water partition coefficient (Wildman–Crippen LogP) is 0.882. The fraction of sp³-hybridized carbons (Fsp3) is 1.00. The van der Waals surface area contributed by atoms with Crippen LogP contribution in [-0.4, -0.2) is 31.3 Å². The van der Waals surface area contributed by atoms with E-state index >= 15 is 0 Å². The minimum Gasteiger partial charge on any atom is -0.379 e. The first kappa shape index (κ1) is 10.4. The van der Waals surface area contributed by atoms with Gasteiger partial charge in [-0.3, -0.25) is 0 Å². The van der Waals surface area contributed by atoms with Crippen LogP contribution in [0.3, 0.4) is 0 Å². The second kappa shape index (κ2) is 4.17. The van der Waals surface area contributed by atoms with E-state index in [4.69, 9.17) is 10.5 Å². The van der Waals surface area contributed by atoms with Gasteiger partial charge in [-0.15, -0.1) is 0 Å². The molecule has 1 saturated heterocycles. The molecule has 2 aliphatic rings. The van der Waals surface area contributed by atoms with Crippen LogP contribution in [0.5, 0.6) is 0 Å². The molecule has 3 heteroatoms. The molecule has 1 heterocycles. The summed E-state index contributed by atoms with van der Waals surface area (Å²) in [6.07, 6.45) is 5.31. The molecule has 0 spiro atoms. The Balaban J connectivity index is 1.75. The van der Waals surface area contributed by atoms with Gasteiger partial charge in [0, 0.05) is 24.0 Å². The molecule has 0 bridgehead atoms. The van der Waals surface area contributed by atoms with Gasteiger partial charge in [0.05, 0.1) is 13.2 Å². The number of nitrogens with two attached hydrogens (primary N) is 1. The first-order valence-electron chi connectivity index (χ1n) is 5.84. The average molecular weight is 198 g/mol. The monoisotopic (exact) mass is 198 g/mol. The zero-order valence-electron chi connectivity index (χ0n) is 9.09. The van der Waals surface area contributed by atoms with Crippen LogP contribution in [0.15, 0.2) is 0 Å². The van der Waals surface area contributed by atoms with Gasteiger partial charge in [-0.2, -0.15) is 0 Å². The molecule has 1 saturated carbocycles. The third-order valence-corrected chi connectivity index (χ3v) is 3.97. The second-order valence-electron chi connectivity index (χ2n) is 4.83. The van der Waals surface area contributed by atoms with Crippen LogP contribution in [0.1, 0.15) is 32.6 Å². The molecule has 3 N–H and O–H groups in total. The van der Waals surface area contributed by atoms with E-state index in [0.717, 1.165) is 19.8 Å². The van der Waals surface area contributed by atoms with Crippen molar-refractivity contribution in [1.82, 2.24) is 5.32 Å². The second-order valence-corrected chi connectivity index (χ2v) is 4.83. The zero-order valence-corrected chi connectivity index (χ0v) is 9.09. The van der Waals surface area contributed by atoms with Crippen molar-refractivity contribution >= 4 is 0 Å². The van der Waals surface area contributed by atoms with Gasteiger partial charge in [0.25, 0.3) is 0 Å². The standard InChI is InChI=1S/C11H22N2O/c1-2-11(4-3-5-11)13-6-9-7-14-8-10(9)12/h9-10,13H,2-8,12H2,1H3. The highest BCUT2D eigenvalue weighted by molar-refractivity contribution is 4.96. The summed E-state index contributed by atoms with van der Waals surface area (Å²) in [6, 6.07) is 0.247. The Bertz CT molecular complexity index is 186. The van der Waals surface area contributed by atoms with Gasteiger partial charge in [-0.1, -0.05) is 6.92 Å². The van der Waals surface area contributed by atoms with Crippen molar-refractivity contribution < 1.29 is 4.74 Å².